The van der Waals surface area contributed by atoms with Crippen molar-refractivity contribution < 1.29 is 24.2 Å². The number of aromatic carboxylic acids is 1. The van der Waals surface area contributed by atoms with Crippen molar-refractivity contribution in [1.82, 2.24) is 0 Å². The molecule has 0 fully saturated rings. The van der Waals surface area contributed by atoms with Crippen molar-refractivity contribution >= 4 is 35.3 Å². The Balaban J connectivity index is 1.80. The van der Waals surface area contributed by atoms with Gasteiger partial charge >= 0.3 is 5.97 Å². The number of carbonyl (C=O) groups is 3. The number of benzene rings is 3. The standard InChI is InChI=1S/C25H19N3O5/c26-22(29)15-33-21-12-5-4-9-17(21)14-20-23(16-7-2-1-3-8-16)27-28(24(20)30)19-11-6-10-18(13-19)25(31)32/h1-14H,15H2,(H2,26,29)(H,31,32). The quantitative estimate of drug-likeness (QED) is 0.546. The number of carbonyl (C=O) groups excluding carboxylic acids is 2. The molecule has 0 radical (unpaired) electrons. The zero-order valence-corrected chi connectivity index (χ0v) is 17.3. The van der Waals surface area contributed by atoms with Crippen LogP contribution in [0.15, 0.2) is 89.5 Å². The molecule has 8 nitrogen and oxygen atoms in total. The molecule has 2 amide bonds. The zero-order valence-electron chi connectivity index (χ0n) is 17.3. The first kappa shape index (κ1) is 21.5. The van der Waals surface area contributed by atoms with Crippen LogP contribution in [-0.4, -0.2) is 35.2 Å². The predicted molar refractivity (Wildman–Crippen MR) is 123 cm³/mol. The van der Waals surface area contributed by atoms with E-state index in [0.717, 1.165) is 0 Å². The third-order valence-electron chi connectivity index (χ3n) is 4.85. The summed E-state index contributed by atoms with van der Waals surface area (Å²) in [4.78, 5) is 36.0. The minimum Gasteiger partial charge on any atom is -0.483 e. The molecular formula is C25H19N3O5. The lowest BCUT2D eigenvalue weighted by atomic mass is 10.00. The summed E-state index contributed by atoms with van der Waals surface area (Å²) in [6.07, 6.45) is 1.63. The summed E-state index contributed by atoms with van der Waals surface area (Å²) in [6, 6.07) is 22.1. The first-order valence-electron chi connectivity index (χ1n) is 9.98. The lowest BCUT2D eigenvalue weighted by Crippen LogP contribution is -2.22. The van der Waals surface area contributed by atoms with Gasteiger partial charge in [0.1, 0.15) is 11.5 Å². The number of hydrazone groups is 1. The molecule has 8 heteroatoms. The lowest BCUT2D eigenvalue weighted by Gasteiger charge is -2.12. The van der Waals surface area contributed by atoms with E-state index in [-0.39, 0.29) is 17.7 Å². The molecule has 4 rings (SSSR count). The van der Waals surface area contributed by atoms with Crippen LogP contribution in [0.3, 0.4) is 0 Å². The fourth-order valence-electron chi connectivity index (χ4n) is 3.34. The van der Waals surface area contributed by atoms with Gasteiger partial charge in [0.2, 0.25) is 0 Å². The molecule has 3 aromatic carbocycles. The molecule has 3 aromatic rings. The molecule has 1 heterocycles. The first-order chi connectivity index (χ1) is 15.9. The summed E-state index contributed by atoms with van der Waals surface area (Å²) in [7, 11) is 0. The largest absolute Gasteiger partial charge is 0.483 e. The topological polar surface area (TPSA) is 122 Å². The van der Waals surface area contributed by atoms with E-state index in [1.807, 2.05) is 30.3 Å². The normalized spacial score (nSPS) is 14.3. The molecule has 0 saturated heterocycles. The number of primary amides is 1. The average Bonchev–Trinajstić information content (AvgIpc) is 3.15. The van der Waals surface area contributed by atoms with Crippen LogP contribution < -0.4 is 15.5 Å². The first-order valence-corrected chi connectivity index (χ1v) is 9.98. The number of ether oxygens (including phenoxy) is 1. The monoisotopic (exact) mass is 441 g/mol. The molecule has 164 valence electrons. The van der Waals surface area contributed by atoms with Crippen LogP contribution in [0.25, 0.3) is 6.08 Å². The fourth-order valence-corrected chi connectivity index (χ4v) is 3.34. The number of rotatable bonds is 7. The van der Waals surface area contributed by atoms with Gasteiger partial charge in [-0.25, -0.2) is 4.79 Å². The Morgan fingerprint density at radius 1 is 1.00 bits per heavy atom. The van der Waals surface area contributed by atoms with Gasteiger partial charge in [0, 0.05) is 11.1 Å². The van der Waals surface area contributed by atoms with Gasteiger partial charge in [-0.3, -0.25) is 9.59 Å². The van der Waals surface area contributed by atoms with Crippen LogP contribution in [0.5, 0.6) is 5.75 Å². The minimum absolute atomic E-state index is 0.0411. The number of nitrogens with two attached hydrogens (primary N) is 1. The average molecular weight is 441 g/mol. The Morgan fingerprint density at radius 2 is 1.73 bits per heavy atom. The summed E-state index contributed by atoms with van der Waals surface area (Å²) < 4.78 is 5.49. The summed E-state index contributed by atoms with van der Waals surface area (Å²) in [6.45, 7) is -0.304. The van der Waals surface area contributed by atoms with E-state index in [0.29, 0.717) is 28.3 Å². The summed E-state index contributed by atoms with van der Waals surface area (Å²) >= 11 is 0. The van der Waals surface area contributed by atoms with Crippen LogP contribution in [0, 0.1) is 0 Å². The Bertz CT molecular complexity index is 1300. The van der Waals surface area contributed by atoms with Gasteiger partial charge in [-0.15, -0.1) is 0 Å². The maximum atomic E-state index is 13.4. The highest BCUT2D eigenvalue weighted by Crippen LogP contribution is 2.30. The van der Waals surface area contributed by atoms with Gasteiger partial charge in [-0.05, 0) is 30.3 Å². The number of amides is 2. The molecule has 0 aliphatic carbocycles. The molecule has 0 spiro atoms. The van der Waals surface area contributed by atoms with Crippen molar-refractivity contribution in [2.24, 2.45) is 10.8 Å². The summed E-state index contributed by atoms with van der Waals surface area (Å²) in [5.74, 6) is -1.77. The van der Waals surface area contributed by atoms with E-state index >= 15 is 0 Å². The van der Waals surface area contributed by atoms with Gasteiger partial charge in [-0.2, -0.15) is 10.1 Å². The minimum atomic E-state index is -1.10. The van der Waals surface area contributed by atoms with Gasteiger partial charge < -0.3 is 15.6 Å². The number of carboxylic acid groups (broad SMARTS) is 1. The molecular weight excluding hydrogens is 422 g/mol. The maximum absolute atomic E-state index is 13.4. The van der Waals surface area contributed by atoms with Crippen molar-refractivity contribution in [3.63, 3.8) is 0 Å². The molecule has 33 heavy (non-hydrogen) atoms. The van der Waals surface area contributed by atoms with Crippen molar-refractivity contribution in [1.29, 1.82) is 0 Å². The third kappa shape index (κ3) is 4.64. The van der Waals surface area contributed by atoms with Crippen LogP contribution in [-0.2, 0) is 9.59 Å². The number of carboxylic acids is 1. The highest BCUT2D eigenvalue weighted by Gasteiger charge is 2.32. The molecule has 0 saturated carbocycles. The van der Waals surface area contributed by atoms with E-state index in [1.165, 1.54) is 17.1 Å². The molecule has 1 aliphatic rings. The lowest BCUT2D eigenvalue weighted by molar-refractivity contribution is -0.120. The van der Waals surface area contributed by atoms with Crippen molar-refractivity contribution in [3.8, 4) is 5.75 Å². The fraction of sp³-hybridized carbons (Fsp3) is 0.0400. The third-order valence-corrected chi connectivity index (χ3v) is 4.85. The summed E-state index contributed by atoms with van der Waals surface area (Å²) in [5.41, 5.74) is 7.54. The van der Waals surface area contributed by atoms with Crippen LogP contribution in [0.1, 0.15) is 21.5 Å². The van der Waals surface area contributed by atoms with Crippen molar-refractivity contribution in [2.75, 3.05) is 11.6 Å². The number of nitrogens with zero attached hydrogens (tertiary/aromatic N) is 2. The maximum Gasteiger partial charge on any atom is 0.335 e. The van der Waals surface area contributed by atoms with Crippen LogP contribution in [0.4, 0.5) is 5.69 Å². The molecule has 0 bridgehead atoms. The predicted octanol–water partition coefficient (Wildman–Crippen LogP) is 3.08. The molecule has 0 unspecified atom stereocenters. The van der Waals surface area contributed by atoms with Gasteiger partial charge in [0.15, 0.2) is 6.61 Å². The molecule has 1 aliphatic heterocycles. The Labute approximate surface area is 189 Å². The van der Waals surface area contributed by atoms with Crippen molar-refractivity contribution in [3.05, 3.63) is 101 Å². The Hall–Kier alpha value is -4.72. The molecule has 0 aromatic heterocycles. The molecule has 0 atom stereocenters. The number of hydrogen-bond donors (Lipinski definition) is 2. The van der Waals surface area contributed by atoms with Crippen molar-refractivity contribution in [2.45, 2.75) is 0 Å². The highest BCUT2D eigenvalue weighted by molar-refractivity contribution is 6.37. The highest BCUT2D eigenvalue weighted by atomic mass is 16.5. The van der Waals surface area contributed by atoms with E-state index in [2.05, 4.69) is 5.10 Å². The van der Waals surface area contributed by atoms with Gasteiger partial charge in [-0.1, -0.05) is 54.6 Å². The smallest absolute Gasteiger partial charge is 0.335 e. The van der Waals surface area contributed by atoms with E-state index < -0.39 is 17.8 Å². The van der Waals surface area contributed by atoms with E-state index in [1.54, 1.807) is 42.5 Å². The summed E-state index contributed by atoms with van der Waals surface area (Å²) in [5, 5.41) is 15.0. The molecule has 3 N–H and O–H groups in total. The van der Waals surface area contributed by atoms with Crippen LogP contribution in [0.2, 0.25) is 0 Å². The SMILES string of the molecule is NC(=O)COc1ccccc1C=C1C(=O)N(c2cccc(C(=O)O)c2)N=C1c1ccccc1. The Kier molecular flexibility index (Phi) is 5.99. The van der Waals surface area contributed by atoms with E-state index in [9.17, 15) is 19.5 Å². The van der Waals surface area contributed by atoms with E-state index in [4.69, 9.17) is 10.5 Å². The number of anilines is 1. The number of para-hydroxylation sites is 1. The number of hydrogen-bond acceptors (Lipinski definition) is 5. The zero-order chi connectivity index (χ0) is 23.4. The second-order valence-corrected chi connectivity index (χ2v) is 7.14. The van der Waals surface area contributed by atoms with Gasteiger partial charge in [0.05, 0.1) is 16.8 Å². The second-order valence-electron chi connectivity index (χ2n) is 7.14. The Morgan fingerprint density at radius 3 is 2.45 bits per heavy atom. The second kappa shape index (κ2) is 9.19. The van der Waals surface area contributed by atoms with Crippen LogP contribution >= 0.6 is 0 Å². The van der Waals surface area contributed by atoms with Gasteiger partial charge in [0.25, 0.3) is 11.8 Å².